The molecule has 12 heteroatoms. The summed E-state index contributed by atoms with van der Waals surface area (Å²) in [7, 11) is -4.18. The number of rotatable bonds is 10. The van der Waals surface area contributed by atoms with Gasteiger partial charge in [0.15, 0.2) is 6.10 Å². The molecule has 4 aromatic carbocycles. The van der Waals surface area contributed by atoms with E-state index in [1.165, 1.54) is 29.2 Å². The minimum atomic E-state index is -4.18. The van der Waals surface area contributed by atoms with Crippen molar-refractivity contribution in [2.45, 2.75) is 24.0 Å². The summed E-state index contributed by atoms with van der Waals surface area (Å²) in [6.07, 6.45) is -0.369. The van der Waals surface area contributed by atoms with Gasteiger partial charge in [0.2, 0.25) is 15.9 Å². The maximum absolute atomic E-state index is 13.9. The van der Waals surface area contributed by atoms with E-state index in [1.807, 2.05) is 30.3 Å². The zero-order chi connectivity index (χ0) is 31.3. The summed E-state index contributed by atoms with van der Waals surface area (Å²) < 4.78 is 34.7. The van der Waals surface area contributed by atoms with E-state index in [0.29, 0.717) is 40.0 Å². The van der Waals surface area contributed by atoms with Gasteiger partial charge in [0.05, 0.1) is 33.7 Å². The van der Waals surface area contributed by atoms with Crippen molar-refractivity contribution in [1.82, 2.24) is 9.62 Å². The molecule has 8 nitrogen and oxygen atoms in total. The van der Waals surface area contributed by atoms with E-state index in [9.17, 15) is 18.0 Å². The fourth-order valence-electron chi connectivity index (χ4n) is 4.75. The monoisotopic (exact) mass is 671 g/mol. The summed E-state index contributed by atoms with van der Waals surface area (Å²) in [6, 6.07) is 27.0. The van der Waals surface area contributed by atoms with Crippen LogP contribution in [0.3, 0.4) is 0 Å². The lowest BCUT2D eigenvalue weighted by Gasteiger charge is -2.35. The van der Waals surface area contributed by atoms with E-state index in [4.69, 9.17) is 39.5 Å². The van der Waals surface area contributed by atoms with Crippen LogP contribution in [0.25, 0.3) is 0 Å². The summed E-state index contributed by atoms with van der Waals surface area (Å²) in [5.74, 6) is -0.581. The molecular weight excluding hydrogens is 645 g/mol. The van der Waals surface area contributed by atoms with Gasteiger partial charge in [-0.25, -0.2) is 8.42 Å². The van der Waals surface area contributed by atoms with E-state index < -0.39 is 28.6 Å². The van der Waals surface area contributed by atoms with Crippen LogP contribution in [0.4, 0.5) is 5.69 Å². The van der Waals surface area contributed by atoms with Crippen LogP contribution in [0.2, 0.25) is 15.1 Å². The van der Waals surface area contributed by atoms with E-state index in [0.717, 1.165) is 9.87 Å². The Morgan fingerprint density at radius 2 is 1.57 bits per heavy atom. The highest BCUT2D eigenvalue weighted by molar-refractivity contribution is 7.89. The molecule has 5 rings (SSSR count). The topological polar surface area (TPSA) is 96.0 Å². The molecule has 0 aromatic heterocycles. The lowest BCUT2D eigenvalue weighted by molar-refractivity contribution is -0.128. The predicted octanol–water partition coefficient (Wildman–Crippen LogP) is 5.99. The van der Waals surface area contributed by atoms with Gasteiger partial charge in [-0.05, 0) is 66.1 Å². The standard InChI is InChI=1S/C32H28Cl3N3O5S/c33-24-11-13-25(14-12-24)44(41,42)37(19-23-10-15-26(34)27(35)18-23)21-31(39)38-20-30(43-29-9-5-4-8-28(29)38)32(40)36-17-16-22-6-2-1-3-7-22/h1-15,18,30H,16-17,19-21H2,(H,36,40)/t30-/m0/s1. The first-order valence-electron chi connectivity index (χ1n) is 13.7. The van der Waals surface area contributed by atoms with Crippen LogP contribution < -0.4 is 15.0 Å². The lowest BCUT2D eigenvalue weighted by Crippen LogP contribution is -2.53. The molecule has 0 bridgehead atoms. The highest BCUT2D eigenvalue weighted by atomic mass is 35.5. The SMILES string of the molecule is O=C(NCCc1ccccc1)[C@@H]1CN(C(=O)CN(Cc2ccc(Cl)c(Cl)c2)S(=O)(=O)c2ccc(Cl)cc2)c2ccccc2O1. The van der Waals surface area contributed by atoms with E-state index in [1.54, 1.807) is 42.5 Å². The zero-order valence-electron chi connectivity index (χ0n) is 23.3. The van der Waals surface area contributed by atoms with Crippen molar-refractivity contribution >= 4 is 62.3 Å². The minimum absolute atomic E-state index is 0.0344. The van der Waals surface area contributed by atoms with Gasteiger partial charge in [-0.15, -0.1) is 0 Å². The Morgan fingerprint density at radius 3 is 2.30 bits per heavy atom. The number of anilines is 1. The molecule has 4 aromatic rings. The van der Waals surface area contributed by atoms with Gasteiger partial charge in [0.1, 0.15) is 5.75 Å². The molecule has 0 unspecified atom stereocenters. The second-order valence-corrected chi connectivity index (χ2v) is 13.3. The molecule has 2 amide bonds. The van der Waals surface area contributed by atoms with Gasteiger partial charge in [-0.1, -0.05) is 83.3 Å². The first kappa shape index (κ1) is 31.8. The summed E-state index contributed by atoms with van der Waals surface area (Å²) >= 11 is 18.3. The zero-order valence-corrected chi connectivity index (χ0v) is 26.4. The highest BCUT2D eigenvalue weighted by Gasteiger charge is 2.36. The van der Waals surface area contributed by atoms with Crippen molar-refractivity contribution < 1.29 is 22.7 Å². The Kier molecular flexibility index (Phi) is 10.1. The molecule has 44 heavy (non-hydrogen) atoms. The number of ether oxygens (including phenoxy) is 1. The molecule has 0 spiro atoms. The van der Waals surface area contributed by atoms with E-state index >= 15 is 0 Å². The molecular formula is C32H28Cl3N3O5S. The molecule has 0 aliphatic carbocycles. The van der Waals surface area contributed by atoms with Gasteiger partial charge in [-0.3, -0.25) is 9.59 Å². The summed E-state index contributed by atoms with van der Waals surface area (Å²) in [4.78, 5) is 28.4. The molecule has 1 aliphatic heterocycles. The number of carbonyl (C=O) groups is 2. The van der Waals surface area contributed by atoms with Crippen LogP contribution in [-0.4, -0.2) is 50.3 Å². The third-order valence-electron chi connectivity index (χ3n) is 7.03. The van der Waals surface area contributed by atoms with Crippen molar-refractivity contribution in [1.29, 1.82) is 0 Å². The number of benzene rings is 4. The molecule has 228 valence electrons. The maximum Gasteiger partial charge on any atom is 0.262 e. The predicted molar refractivity (Wildman–Crippen MR) is 172 cm³/mol. The number of nitrogens with zero attached hydrogens (tertiary/aromatic N) is 2. The molecule has 1 N–H and O–H groups in total. The number of hydrogen-bond donors (Lipinski definition) is 1. The third kappa shape index (κ3) is 7.54. The fraction of sp³-hybridized carbons (Fsp3) is 0.188. The number of halogens is 3. The van der Waals surface area contributed by atoms with Gasteiger partial charge in [-0.2, -0.15) is 4.31 Å². The number of para-hydroxylation sites is 2. The lowest BCUT2D eigenvalue weighted by atomic mass is 10.1. The van der Waals surface area contributed by atoms with E-state index in [-0.39, 0.29) is 28.9 Å². The maximum atomic E-state index is 13.9. The van der Waals surface area contributed by atoms with Crippen LogP contribution in [-0.2, 0) is 32.6 Å². The van der Waals surface area contributed by atoms with Crippen molar-refractivity contribution in [3.8, 4) is 5.75 Å². The first-order chi connectivity index (χ1) is 21.1. The van der Waals surface area contributed by atoms with Gasteiger partial charge in [0.25, 0.3) is 5.91 Å². The molecule has 0 saturated carbocycles. The average molecular weight is 673 g/mol. The normalized spacial score (nSPS) is 14.5. The number of amides is 2. The quantitative estimate of drug-likeness (QED) is 0.223. The van der Waals surface area contributed by atoms with Crippen LogP contribution in [0.1, 0.15) is 11.1 Å². The molecule has 0 fully saturated rings. The Bertz CT molecular complexity index is 1750. The molecule has 1 heterocycles. The summed E-state index contributed by atoms with van der Waals surface area (Å²) in [5, 5.41) is 3.82. The number of carbonyl (C=O) groups excluding carboxylic acids is 2. The average Bonchev–Trinajstić information content (AvgIpc) is 3.02. The van der Waals surface area contributed by atoms with Crippen LogP contribution in [0, 0.1) is 0 Å². The summed E-state index contributed by atoms with van der Waals surface area (Å²) in [6.45, 7) is -0.408. The molecule has 1 atom stereocenters. The Morgan fingerprint density at radius 1 is 0.864 bits per heavy atom. The number of hydrogen-bond acceptors (Lipinski definition) is 5. The fourth-order valence-corrected chi connectivity index (χ4v) is 6.58. The van der Waals surface area contributed by atoms with E-state index in [2.05, 4.69) is 5.32 Å². The number of nitrogens with one attached hydrogen (secondary N) is 1. The van der Waals surface area contributed by atoms with Crippen LogP contribution in [0.5, 0.6) is 5.75 Å². The van der Waals surface area contributed by atoms with Crippen molar-refractivity contribution in [2.24, 2.45) is 0 Å². The molecule has 0 radical (unpaired) electrons. The molecule has 1 aliphatic rings. The number of sulfonamides is 1. The van der Waals surface area contributed by atoms with Crippen molar-refractivity contribution in [3.63, 3.8) is 0 Å². The number of fused-ring (bicyclic) bond motifs is 1. The molecule has 0 saturated heterocycles. The second-order valence-electron chi connectivity index (χ2n) is 10.1. The largest absolute Gasteiger partial charge is 0.477 e. The minimum Gasteiger partial charge on any atom is -0.477 e. The Balaban J connectivity index is 1.38. The first-order valence-corrected chi connectivity index (χ1v) is 16.3. The smallest absolute Gasteiger partial charge is 0.262 e. The van der Waals surface area contributed by atoms with Gasteiger partial charge in [0, 0.05) is 18.1 Å². The summed E-state index contributed by atoms with van der Waals surface area (Å²) in [5.41, 5.74) is 2.04. The van der Waals surface area contributed by atoms with Crippen LogP contribution in [0.15, 0.2) is 102 Å². The third-order valence-corrected chi connectivity index (χ3v) is 9.83. The highest BCUT2D eigenvalue weighted by Crippen LogP contribution is 2.34. The second kappa shape index (κ2) is 14.0. The Hall–Kier alpha value is -3.60. The van der Waals surface area contributed by atoms with Crippen molar-refractivity contribution in [2.75, 3.05) is 24.5 Å². The van der Waals surface area contributed by atoms with Gasteiger partial charge < -0.3 is 15.0 Å². The van der Waals surface area contributed by atoms with Gasteiger partial charge >= 0.3 is 0 Å². The Labute approximate surface area is 271 Å². The van der Waals surface area contributed by atoms with Crippen LogP contribution >= 0.6 is 34.8 Å². The van der Waals surface area contributed by atoms with Crippen molar-refractivity contribution in [3.05, 3.63) is 123 Å².